The van der Waals surface area contributed by atoms with E-state index in [1.54, 1.807) is 0 Å². The van der Waals surface area contributed by atoms with Gasteiger partial charge < -0.3 is 19.9 Å². The molecule has 0 saturated carbocycles. The summed E-state index contributed by atoms with van der Waals surface area (Å²) in [6.45, 7) is -0.625. The molecule has 1 aromatic carbocycles. The van der Waals surface area contributed by atoms with E-state index in [1.165, 1.54) is 25.3 Å². The SMILES string of the molecule is COCC(=O)Nc1cc(Cl)ccc1OCC(=O)O. The van der Waals surface area contributed by atoms with Gasteiger partial charge in [0.05, 0.1) is 5.69 Å². The van der Waals surface area contributed by atoms with Crippen molar-refractivity contribution in [3.8, 4) is 5.75 Å². The number of carbonyl (C=O) groups excluding carboxylic acids is 1. The normalized spacial score (nSPS) is 9.89. The summed E-state index contributed by atoms with van der Waals surface area (Å²) in [7, 11) is 1.39. The summed E-state index contributed by atoms with van der Waals surface area (Å²) in [5.74, 6) is -1.27. The molecule has 18 heavy (non-hydrogen) atoms. The molecule has 0 aliphatic carbocycles. The molecule has 7 heteroatoms. The average Bonchev–Trinajstić information content (AvgIpc) is 2.28. The Kier molecular flexibility index (Phi) is 5.41. The largest absolute Gasteiger partial charge is 0.480 e. The Balaban J connectivity index is 2.82. The van der Waals surface area contributed by atoms with Crippen molar-refractivity contribution >= 4 is 29.2 Å². The van der Waals surface area contributed by atoms with E-state index in [1.807, 2.05) is 0 Å². The Hall–Kier alpha value is -1.79. The molecule has 0 aromatic heterocycles. The van der Waals surface area contributed by atoms with E-state index in [9.17, 15) is 9.59 Å². The maximum absolute atomic E-state index is 11.4. The Labute approximate surface area is 108 Å². The lowest BCUT2D eigenvalue weighted by Crippen LogP contribution is -2.18. The molecule has 0 spiro atoms. The number of rotatable bonds is 6. The Bertz CT molecular complexity index is 449. The van der Waals surface area contributed by atoms with Crippen LogP contribution in [0.1, 0.15) is 0 Å². The second-order valence-electron chi connectivity index (χ2n) is 3.30. The van der Waals surface area contributed by atoms with Crippen LogP contribution in [0.2, 0.25) is 5.02 Å². The van der Waals surface area contributed by atoms with Crippen LogP contribution in [0.25, 0.3) is 0 Å². The van der Waals surface area contributed by atoms with E-state index in [2.05, 4.69) is 10.1 Å². The first-order valence-electron chi connectivity index (χ1n) is 4.96. The Morgan fingerprint density at radius 2 is 2.11 bits per heavy atom. The van der Waals surface area contributed by atoms with Gasteiger partial charge in [0.2, 0.25) is 5.91 Å². The second kappa shape index (κ2) is 6.83. The minimum atomic E-state index is -1.11. The van der Waals surface area contributed by atoms with E-state index in [0.29, 0.717) is 10.7 Å². The molecule has 1 rings (SSSR count). The molecule has 0 radical (unpaired) electrons. The van der Waals surface area contributed by atoms with Crippen molar-refractivity contribution in [1.29, 1.82) is 0 Å². The quantitative estimate of drug-likeness (QED) is 0.818. The maximum Gasteiger partial charge on any atom is 0.341 e. The second-order valence-corrected chi connectivity index (χ2v) is 3.74. The zero-order valence-electron chi connectivity index (χ0n) is 9.60. The van der Waals surface area contributed by atoms with E-state index in [-0.39, 0.29) is 18.3 Å². The predicted octanol–water partition coefficient (Wildman–Crippen LogP) is 1.39. The lowest BCUT2D eigenvalue weighted by atomic mass is 10.3. The molecular weight excluding hydrogens is 262 g/mol. The van der Waals surface area contributed by atoms with Gasteiger partial charge in [-0.1, -0.05) is 11.6 Å². The smallest absolute Gasteiger partial charge is 0.341 e. The molecule has 0 unspecified atom stereocenters. The van der Waals surface area contributed by atoms with Gasteiger partial charge in [0.25, 0.3) is 0 Å². The zero-order valence-corrected chi connectivity index (χ0v) is 10.4. The van der Waals surface area contributed by atoms with Gasteiger partial charge >= 0.3 is 5.97 Å². The predicted molar refractivity (Wildman–Crippen MR) is 65.1 cm³/mol. The van der Waals surface area contributed by atoms with E-state index in [4.69, 9.17) is 21.4 Å². The van der Waals surface area contributed by atoms with Crippen LogP contribution < -0.4 is 10.1 Å². The lowest BCUT2D eigenvalue weighted by molar-refractivity contribution is -0.139. The standard InChI is InChI=1S/C11H12ClNO5/c1-17-5-10(14)13-8-4-7(12)2-3-9(8)18-6-11(15)16/h2-4H,5-6H2,1H3,(H,13,14)(H,15,16). The maximum atomic E-state index is 11.4. The molecule has 1 aromatic rings. The summed E-state index contributed by atoms with van der Waals surface area (Å²) in [6, 6.07) is 4.48. The minimum Gasteiger partial charge on any atom is -0.480 e. The molecule has 0 saturated heterocycles. The molecule has 0 atom stereocenters. The third kappa shape index (κ3) is 4.60. The van der Waals surface area contributed by atoms with Crippen molar-refractivity contribution in [2.45, 2.75) is 0 Å². The number of halogens is 1. The summed E-state index contributed by atoms with van der Waals surface area (Å²) in [5, 5.41) is 11.4. The number of methoxy groups -OCH3 is 1. The van der Waals surface area contributed by atoms with E-state index >= 15 is 0 Å². The number of ether oxygens (including phenoxy) is 2. The van der Waals surface area contributed by atoms with Crippen molar-refractivity contribution in [2.75, 3.05) is 25.6 Å². The van der Waals surface area contributed by atoms with Gasteiger partial charge in [0, 0.05) is 12.1 Å². The number of carbonyl (C=O) groups is 2. The molecule has 0 fully saturated rings. The highest BCUT2D eigenvalue weighted by Crippen LogP contribution is 2.27. The summed E-state index contributed by atoms with van der Waals surface area (Å²) in [5.41, 5.74) is 0.297. The summed E-state index contributed by atoms with van der Waals surface area (Å²) in [4.78, 5) is 21.8. The fraction of sp³-hybridized carbons (Fsp3) is 0.273. The number of nitrogens with one attached hydrogen (secondary N) is 1. The number of hydrogen-bond donors (Lipinski definition) is 2. The average molecular weight is 274 g/mol. The van der Waals surface area contributed by atoms with Crippen molar-refractivity contribution in [3.05, 3.63) is 23.2 Å². The fourth-order valence-electron chi connectivity index (χ4n) is 1.18. The Morgan fingerprint density at radius 3 is 2.72 bits per heavy atom. The van der Waals surface area contributed by atoms with Crippen LogP contribution in [-0.2, 0) is 14.3 Å². The summed E-state index contributed by atoms with van der Waals surface area (Å²) in [6.07, 6.45) is 0. The summed E-state index contributed by atoms with van der Waals surface area (Å²) < 4.78 is 9.68. The Morgan fingerprint density at radius 1 is 1.39 bits per heavy atom. The topological polar surface area (TPSA) is 84.9 Å². The first-order chi connectivity index (χ1) is 8.52. The van der Waals surface area contributed by atoms with Crippen molar-refractivity contribution in [2.24, 2.45) is 0 Å². The molecule has 0 heterocycles. The number of carboxylic acid groups (broad SMARTS) is 1. The first-order valence-corrected chi connectivity index (χ1v) is 5.33. The molecule has 1 amide bonds. The van der Waals surface area contributed by atoms with Crippen LogP contribution in [0.3, 0.4) is 0 Å². The molecule has 0 aliphatic heterocycles. The van der Waals surface area contributed by atoms with Gasteiger partial charge in [-0.05, 0) is 18.2 Å². The van der Waals surface area contributed by atoms with Crippen LogP contribution in [0.5, 0.6) is 5.75 Å². The van der Waals surface area contributed by atoms with E-state index in [0.717, 1.165) is 0 Å². The number of anilines is 1. The highest BCUT2D eigenvalue weighted by molar-refractivity contribution is 6.31. The molecule has 98 valence electrons. The van der Waals surface area contributed by atoms with Gasteiger partial charge in [0.1, 0.15) is 12.4 Å². The molecule has 0 aliphatic rings. The van der Waals surface area contributed by atoms with Gasteiger partial charge in [-0.2, -0.15) is 0 Å². The van der Waals surface area contributed by atoms with Gasteiger partial charge in [0.15, 0.2) is 6.61 Å². The number of benzene rings is 1. The number of amides is 1. The monoisotopic (exact) mass is 273 g/mol. The van der Waals surface area contributed by atoms with Crippen LogP contribution >= 0.6 is 11.6 Å². The molecular formula is C11H12ClNO5. The molecule has 6 nitrogen and oxygen atoms in total. The van der Waals surface area contributed by atoms with Crippen LogP contribution in [0, 0.1) is 0 Å². The van der Waals surface area contributed by atoms with Crippen LogP contribution in [0.4, 0.5) is 5.69 Å². The third-order valence-electron chi connectivity index (χ3n) is 1.84. The fourth-order valence-corrected chi connectivity index (χ4v) is 1.35. The number of hydrogen-bond acceptors (Lipinski definition) is 4. The van der Waals surface area contributed by atoms with Crippen LogP contribution in [-0.4, -0.2) is 37.3 Å². The lowest BCUT2D eigenvalue weighted by Gasteiger charge is -2.11. The van der Waals surface area contributed by atoms with Gasteiger partial charge in [-0.15, -0.1) is 0 Å². The van der Waals surface area contributed by atoms with Crippen molar-refractivity contribution < 1.29 is 24.2 Å². The zero-order chi connectivity index (χ0) is 13.5. The van der Waals surface area contributed by atoms with Crippen molar-refractivity contribution in [1.82, 2.24) is 0 Å². The van der Waals surface area contributed by atoms with Gasteiger partial charge in [-0.25, -0.2) is 4.79 Å². The highest BCUT2D eigenvalue weighted by Gasteiger charge is 2.10. The number of carboxylic acids is 1. The first kappa shape index (κ1) is 14.3. The summed E-state index contributed by atoms with van der Waals surface area (Å²) >= 11 is 5.79. The highest BCUT2D eigenvalue weighted by atomic mass is 35.5. The molecule has 0 bridgehead atoms. The van der Waals surface area contributed by atoms with Crippen molar-refractivity contribution in [3.63, 3.8) is 0 Å². The minimum absolute atomic E-state index is 0.120. The van der Waals surface area contributed by atoms with Gasteiger partial charge in [-0.3, -0.25) is 4.79 Å². The van der Waals surface area contributed by atoms with Crippen LogP contribution in [0.15, 0.2) is 18.2 Å². The third-order valence-corrected chi connectivity index (χ3v) is 2.08. The molecule has 2 N–H and O–H groups in total. The van der Waals surface area contributed by atoms with E-state index < -0.39 is 12.6 Å². The number of aliphatic carboxylic acids is 1.